The highest BCUT2D eigenvalue weighted by Crippen LogP contribution is 2.35. The molecule has 3 atom stereocenters. The van der Waals surface area contributed by atoms with Gasteiger partial charge in [-0.15, -0.1) is 0 Å². The van der Waals surface area contributed by atoms with Crippen LogP contribution in [0.3, 0.4) is 0 Å². The fraction of sp³-hybridized carbons (Fsp3) is 0.632. The Morgan fingerprint density at radius 2 is 1.91 bits per heavy atom. The fourth-order valence-corrected chi connectivity index (χ4v) is 4.10. The highest BCUT2D eigenvalue weighted by atomic mass is 16.5. The Morgan fingerprint density at radius 3 is 2.70 bits per heavy atom. The molecule has 124 valence electrons. The number of nitrogens with zero attached hydrogens (tertiary/aromatic N) is 2. The van der Waals surface area contributed by atoms with Gasteiger partial charge in [0.25, 0.3) is 0 Å². The molecule has 1 aliphatic heterocycles. The molecule has 0 spiro atoms. The number of ether oxygens (including phenoxy) is 1. The van der Waals surface area contributed by atoms with E-state index in [1.807, 2.05) is 0 Å². The van der Waals surface area contributed by atoms with Gasteiger partial charge in [-0.2, -0.15) is 5.26 Å². The van der Waals surface area contributed by atoms with Crippen molar-refractivity contribution in [1.29, 1.82) is 5.26 Å². The van der Waals surface area contributed by atoms with E-state index in [2.05, 4.69) is 11.0 Å². The molecule has 0 radical (unpaired) electrons. The van der Waals surface area contributed by atoms with Crippen molar-refractivity contribution < 1.29 is 9.84 Å². The summed E-state index contributed by atoms with van der Waals surface area (Å²) in [5, 5.41) is 19.1. The summed E-state index contributed by atoms with van der Waals surface area (Å²) < 4.78 is 5.66. The van der Waals surface area contributed by atoms with Gasteiger partial charge < -0.3 is 9.84 Å². The summed E-state index contributed by atoms with van der Waals surface area (Å²) in [5.41, 5.74) is 0.620. The van der Waals surface area contributed by atoms with Crippen LogP contribution in [0.4, 0.5) is 0 Å². The van der Waals surface area contributed by atoms with Gasteiger partial charge in [0.15, 0.2) is 0 Å². The maximum absolute atomic E-state index is 10.3. The number of aliphatic hydroxyl groups excluding tert-OH is 1. The molecule has 2 fully saturated rings. The van der Waals surface area contributed by atoms with E-state index in [1.54, 1.807) is 24.3 Å². The summed E-state index contributed by atoms with van der Waals surface area (Å²) in [6.45, 7) is 2.12. The van der Waals surface area contributed by atoms with Crippen LogP contribution in [0.2, 0.25) is 0 Å². The molecule has 1 aromatic rings. The minimum Gasteiger partial charge on any atom is -0.491 e. The minimum absolute atomic E-state index is 0.305. The van der Waals surface area contributed by atoms with Crippen LogP contribution < -0.4 is 4.74 Å². The van der Waals surface area contributed by atoms with Gasteiger partial charge in [-0.3, -0.25) is 4.90 Å². The highest BCUT2D eigenvalue weighted by molar-refractivity contribution is 5.34. The molecule has 1 saturated heterocycles. The number of aliphatic hydroxyl groups is 1. The van der Waals surface area contributed by atoms with Crippen molar-refractivity contribution in [2.45, 2.75) is 50.7 Å². The molecule has 4 nitrogen and oxygen atoms in total. The summed E-state index contributed by atoms with van der Waals surface area (Å²) in [4.78, 5) is 2.49. The summed E-state index contributed by atoms with van der Waals surface area (Å²) in [5.74, 6) is 1.54. The number of rotatable bonds is 5. The van der Waals surface area contributed by atoms with E-state index in [4.69, 9.17) is 10.00 Å². The highest BCUT2D eigenvalue weighted by Gasteiger charge is 2.33. The summed E-state index contributed by atoms with van der Waals surface area (Å²) >= 11 is 0. The van der Waals surface area contributed by atoms with Gasteiger partial charge in [-0.1, -0.05) is 12.8 Å². The van der Waals surface area contributed by atoms with Crippen molar-refractivity contribution in [3.8, 4) is 11.8 Å². The Kier molecular flexibility index (Phi) is 5.53. The quantitative estimate of drug-likeness (QED) is 0.908. The molecule has 2 aliphatic rings. The van der Waals surface area contributed by atoms with Crippen molar-refractivity contribution in [1.82, 2.24) is 4.90 Å². The van der Waals surface area contributed by atoms with Crippen molar-refractivity contribution in [2.75, 3.05) is 19.7 Å². The zero-order valence-corrected chi connectivity index (χ0v) is 13.7. The lowest BCUT2D eigenvalue weighted by Crippen LogP contribution is -2.50. The minimum atomic E-state index is -0.466. The van der Waals surface area contributed by atoms with Gasteiger partial charge in [0.1, 0.15) is 18.5 Å². The third kappa shape index (κ3) is 4.25. The van der Waals surface area contributed by atoms with Gasteiger partial charge in [0.05, 0.1) is 11.6 Å². The number of fused-ring (bicyclic) bond motifs is 1. The molecule has 0 unspecified atom stereocenters. The molecule has 1 aliphatic carbocycles. The van der Waals surface area contributed by atoms with Crippen LogP contribution in [-0.2, 0) is 0 Å². The molecule has 0 bridgehead atoms. The molecular weight excluding hydrogens is 288 g/mol. The van der Waals surface area contributed by atoms with Crippen molar-refractivity contribution in [2.24, 2.45) is 5.92 Å². The molecule has 23 heavy (non-hydrogen) atoms. The van der Waals surface area contributed by atoms with Gasteiger partial charge in [-0.25, -0.2) is 0 Å². The maximum atomic E-state index is 10.3. The molecule has 1 heterocycles. The van der Waals surface area contributed by atoms with Crippen LogP contribution in [0, 0.1) is 17.2 Å². The van der Waals surface area contributed by atoms with Crippen LogP contribution in [0.1, 0.15) is 44.1 Å². The fourth-order valence-electron chi connectivity index (χ4n) is 4.10. The smallest absolute Gasteiger partial charge is 0.119 e. The lowest BCUT2D eigenvalue weighted by atomic mass is 9.78. The normalized spacial score (nSPS) is 26.1. The first-order valence-electron chi connectivity index (χ1n) is 8.81. The van der Waals surface area contributed by atoms with Crippen molar-refractivity contribution in [3.63, 3.8) is 0 Å². The standard InChI is InChI=1S/C19H26N2O2/c20-12-15-7-9-18(10-8-15)23-14-17(22)13-21-11-3-5-16-4-1-2-6-19(16)21/h7-10,16-17,19,22H,1-6,11,13-14H2/t16-,17+,19+/m0/s1. The number of nitriles is 1. The van der Waals surface area contributed by atoms with Crippen LogP contribution >= 0.6 is 0 Å². The van der Waals surface area contributed by atoms with E-state index in [-0.39, 0.29) is 0 Å². The maximum Gasteiger partial charge on any atom is 0.119 e. The molecule has 4 heteroatoms. The number of hydrogen-bond donors (Lipinski definition) is 1. The predicted molar refractivity (Wildman–Crippen MR) is 89.2 cm³/mol. The third-order valence-electron chi connectivity index (χ3n) is 5.23. The van der Waals surface area contributed by atoms with Gasteiger partial charge >= 0.3 is 0 Å². The summed E-state index contributed by atoms with van der Waals surface area (Å²) in [7, 11) is 0. The Morgan fingerprint density at radius 1 is 1.17 bits per heavy atom. The van der Waals surface area contributed by atoms with E-state index in [9.17, 15) is 5.11 Å². The predicted octanol–water partition coefficient (Wildman–Crippen LogP) is 2.95. The Balaban J connectivity index is 1.48. The molecule has 1 aromatic carbocycles. The van der Waals surface area contributed by atoms with Gasteiger partial charge in [0, 0.05) is 12.6 Å². The first-order valence-corrected chi connectivity index (χ1v) is 8.81. The zero-order valence-electron chi connectivity index (χ0n) is 13.7. The van der Waals surface area contributed by atoms with Crippen molar-refractivity contribution >= 4 is 0 Å². The second-order valence-corrected chi connectivity index (χ2v) is 6.85. The average molecular weight is 314 g/mol. The van der Waals surface area contributed by atoms with Crippen LogP contribution in [0.25, 0.3) is 0 Å². The third-order valence-corrected chi connectivity index (χ3v) is 5.23. The van der Waals surface area contributed by atoms with Crippen molar-refractivity contribution in [3.05, 3.63) is 29.8 Å². The second-order valence-electron chi connectivity index (χ2n) is 6.85. The number of hydrogen-bond acceptors (Lipinski definition) is 4. The Labute approximate surface area is 138 Å². The van der Waals surface area contributed by atoms with E-state index in [0.29, 0.717) is 30.5 Å². The molecule has 0 amide bonds. The average Bonchev–Trinajstić information content (AvgIpc) is 2.61. The first kappa shape index (κ1) is 16.3. The number of β-amino-alcohol motifs (C(OH)–C–C–N with tert-alkyl or cyclic N) is 1. The first-order chi connectivity index (χ1) is 11.3. The van der Waals surface area contributed by atoms with Crippen LogP contribution in [0.5, 0.6) is 5.75 Å². The molecule has 1 saturated carbocycles. The zero-order chi connectivity index (χ0) is 16.1. The number of piperidine rings is 1. The molecule has 3 rings (SSSR count). The second kappa shape index (κ2) is 7.81. The van der Waals surface area contributed by atoms with E-state index < -0.39 is 6.10 Å². The largest absolute Gasteiger partial charge is 0.491 e. The van der Waals surface area contributed by atoms with Crippen LogP contribution in [-0.4, -0.2) is 41.8 Å². The lowest BCUT2D eigenvalue weighted by Gasteiger charge is -2.44. The summed E-state index contributed by atoms with van der Waals surface area (Å²) in [6.07, 6.45) is 7.50. The monoisotopic (exact) mass is 314 g/mol. The number of likely N-dealkylation sites (tertiary alicyclic amines) is 1. The van der Waals surface area contributed by atoms with Gasteiger partial charge in [0.2, 0.25) is 0 Å². The SMILES string of the molecule is N#Cc1ccc(OC[C@H](O)CN2CCC[C@@H]3CCCC[C@H]32)cc1. The van der Waals surface area contributed by atoms with E-state index in [1.165, 1.54) is 38.5 Å². The Bertz CT molecular complexity index is 535. The van der Waals surface area contributed by atoms with E-state index >= 15 is 0 Å². The topological polar surface area (TPSA) is 56.5 Å². The van der Waals surface area contributed by atoms with Crippen LogP contribution in [0.15, 0.2) is 24.3 Å². The molecular formula is C19H26N2O2. The molecule has 1 N–H and O–H groups in total. The molecule has 0 aromatic heterocycles. The summed E-state index contributed by atoms with van der Waals surface area (Å²) in [6, 6.07) is 9.79. The van der Waals surface area contributed by atoms with Gasteiger partial charge in [-0.05, 0) is 62.4 Å². The number of benzene rings is 1. The lowest BCUT2D eigenvalue weighted by molar-refractivity contribution is 0.00654. The Hall–Kier alpha value is -1.57. The van der Waals surface area contributed by atoms with E-state index in [0.717, 1.165) is 12.5 Å².